The Bertz CT molecular complexity index is 551. The van der Waals surface area contributed by atoms with Crippen molar-refractivity contribution in [3.8, 4) is 0 Å². The van der Waals surface area contributed by atoms with Gasteiger partial charge in [0.15, 0.2) is 0 Å². The van der Waals surface area contributed by atoms with Crippen LogP contribution in [0.15, 0.2) is 18.6 Å². The van der Waals surface area contributed by atoms with Gasteiger partial charge in [-0.15, -0.1) is 0 Å². The molecule has 0 amide bonds. The lowest BCUT2D eigenvalue weighted by Crippen LogP contribution is -2.48. The number of piperidine rings is 1. The summed E-state index contributed by atoms with van der Waals surface area (Å²) in [6.45, 7) is 2.48. The van der Waals surface area contributed by atoms with E-state index >= 15 is 0 Å². The van der Waals surface area contributed by atoms with Crippen LogP contribution in [-0.4, -0.2) is 59.2 Å². The zero-order valence-corrected chi connectivity index (χ0v) is 12.8. The summed E-state index contributed by atoms with van der Waals surface area (Å²) in [5.74, 6) is 0.797. The van der Waals surface area contributed by atoms with Crippen molar-refractivity contribution in [2.45, 2.75) is 31.7 Å². The van der Waals surface area contributed by atoms with Crippen molar-refractivity contribution in [1.82, 2.24) is 18.6 Å². The molecule has 8 heteroatoms. The Morgan fingerprint density at radius 1 is 1.10 bits per heavy atom. The number of anilines is 1. The molecule has 0 aromatic carbocycles. The van der Waals surface area contributed by atoms with Crippen LogP contribution in [0.3, 0.4) is 0 Å². The molecule has 7 nitrogen and oxygen atoms in total. The largest absolute Gasteiger partial charge is 0.367 e. The number of aromatic nitrogens is 2. The highest BCUT2D eigenvalue weighted by Gasteiger charge is 2.34. The fourth-order valence-electron chi connectivity index (χ4n) is 2.90. The van der Waals surface area contributed by atoms with Crippen molar-refractivity contribution in [2.75, 3.05) is 31.5 Å². The Morgan fingerprint density at radius 3 is 2.38 bits per heavy atom. The second-order valence-corrected chi connectivity index (χ2v) is 7.45. The summed E-state index contributed by atoms with van der Waals surface area (Å²) >= 11 is 0. The molecule has 1 aromatic heterocycles. The number of nitrogens with zero attached hydrogens (tertiary/aromatic N) is 4. The van der Waals surface area contributed by atoms with Gasteiger partial charge in [-0.3, -0.25) is 0 Å². The van der Waals surface area contributed by atoms with E-state index in [1.165, 1.54) is 6.33 Å². The molecule has 2 fully saturated rings. The van der Waals surface area contributed by atoms with Crippen LogP contribution in [0.5, 0.6) is 0 Å². The minimum absolute atomic E-state index is 0.268. The molecule has 0 bridgehead atoms. The van der Waals surface area contributed by atoms with Gasteiger partial charge in [0, 0.05) is 38.4 Å². The molecule has 0 saturated carbocycles. The lowest BCUT2D eigenvalue weighted by atomic mass is 10.1. The molecule has 1 aromatic rings. The SMILES string of the molecule is O=S(=O)(N1CCCC1)N1CCC(Nc2ccncn2)CC1. The van der Waals surface area contributed by atoms with Gasteiger partial charge >= 0.3 is 0 Å². The van der Waals surface area contributed by atoms with Crippen LogP contribution in [0.25, 0.3) is 0 Å². The van der Waals surface area contributed by atoms with Gasteiger partial charge in [-0.25, -0.2) is 9.97 Å². The van der Waals surface area contributed by atoms with Gasteiger partial charge in [0.25, 0.3) is 10.2 Å². The average molecular weight is 311 g/mol. The molecular formula is C13H21N5O2S. The smallest absolute Gasteiger partial charge is 0.281 e. The third-order valence-electron chi connectivity index (χ3n) is 4.11. The topological polar surface area (TPSA) is 78.4 Å². The lowest BCUT2D eigenvalue weighted by molar-refractivity contribution is 0.304. The highest BCUT2D eigenvalue weighted by atomic mass is 32.2. The molecule has 116 valence electrons. The Hall–Kier alpha value is -1.25. The molecule has 21 heavy (non-hydrogen) atoms. The van der Waals surface area contributed by atoms with Crippen molar-refractivity contribution in [3.05, 3.63) is 18.6 Å². The molecule has 3 rings (SSSR count). The van der Waals surface area contributed by atoms with Crippen molar-refractivity contribution in [1.29, 1.82) is 0 Å². The fourth-order valence-corrected chi connectivity index (χ4v) is 4.62. The molecule has 0 aliphatic carbocycles. The van der Waals surface area contributed by atoms with E-state index in [9.17, 15) is 8.42 Å². The highest BCUT2D eigenvalue weighted by Crippen LogP contribution is 2.22. The summed E-state index contributed by atoms with van der Waals surface area (Å²) in [7, 11) is -3.24. The average Bonchev–Trinajstić information content (AvgIpc) is 3.04. The standard InChI is InChI=1S/C13H21N5O2S/c19-21(20,17-7-1-2-8-17)18-9-4-12(5-10-18)16-13-3-6-14-11-15-13/h3,6,11-12H,1-2,4-5,7-10H2,(H,14,15,16). The minimum atomic E-state index is -3.24. The molecule has 0 atom stereocenters. The third kappa shape index (κ3) is 3.33. The van der Waals surface area contributed by atoms with Crippen LogP contribution >= 0.6 is 0 Å². The first-order valence-electron chi connectivity index (χ1n) is 7.44. The van der Waals surface area contributed by atoms with E-state index in [4.69, 9.17) is 0 Å². The second kappa shape index (κ2) is 6.25. The van der Waals surface area contributed by atoms with Crippen molar-refractivity contribution in [2.24, 2.45) is 0 Å². The summed E-state index contributed by atoms with van der Waals surface area (Å²) in [6.07, 6.45) is 6.77. The summed E-state index contributed by atoms with van der Waals surface area (Å²) in [6, 6.07) is 2.10. The van der Waals surface area contributed by atoms with Crippen molar-refractivity contribution < 1.29 is 8.42 Å². The molecule has 2 aliphatic rings. The summed E-state index contributed by atoms with van der Waals surface area (Å²) in [5, 5.41) is 3.34. The zero-order chi connectivity index (χ0) is 14.7. The van der Waals surface area contributed by atoms with E-state index in [0.29, 0.717) is 26.2 Å². The summed E-state index contributed by atoms with van der Waals surface area (Å²) in [4.78, 5) is 8.02. The van der Waals surface area contributed by atoms with Gasteiger partial charge in [-0.2, -0.15) is 17.0 Å². The van der Waals surface area contributed by atoms with E-state index in [1.54, 1.807) is 14.8 Å². The molecule has 3 heterocycles. The predicted molar refractivity (Wildman–Crippen MR) is 80.0 cm³/mol. The zero-order valence-electron chi connectivity index (χ0n) is 12.0. The fraction of sp³-hybridized carbons (Fsp3) is 0.692. The van der Waals surface area contributed by atoms with E-state index in [-0.39, 0.29) is 6.04 Å². The van der Waals surface area contributed by atoms with E-state index in [2.05, 4.69) is 15.3 Å². The van der Waals surface area contributed by atoms with Crippen LogP contribution in [-0.2, 0) is 10.2 Å². The Kier molecular flexibility index (Phi) is 4.37. The van der Waals surface area contributed by atoms with Gasteiger partial charge in [0.1, 0.15) is 12.1 Å². The molecule has 0 spiro atoms. The van der Waals surface area contributed by atoms with Gasteiger partial charge in [0.05, 0.1) is 0 Å². The molecule has 2 aliphatic heterocycles. The number of hydrogen-bond acceptors (Lipinski definition) is 5. The van der Waals surface area contributed by atoms with Crippen LogP contribution in [0.1, 0.15) is 25.7 Å². The van der Waals surface area contributed by atoms with Crippen LogP contribution < -0.4 is 5.32 Å². The molecule has 1 N–H and O–H groups in total. The first-order valence-corrected chi connectivity index (χ1v) is 8.84. The van der Waals surface area contributed by atoms with Gasteiger partial charge in [-0.1, -0.05) is 0 Å². The van der Waals surface area contributed by atoms with Crippen LogP contribution in [0.4, 0.5) is 5.82 Å². The Balaban J connectivity index is 1.55. The quantitative estimate of drug-likeness (QED) is 0.885. The number of nitrogens with one attached hydrogen (secondary N) is 1. The van der Waals surface area contributed by atoms with Crippen molar-refractivity contribution >= 4 is 16.0 Å². The molecule has 0 radical (unpaired) electrons. The highest BCUT2D eigenvalue weighted by molar-refractivity contribution is 7.86. The monoisotopic (exact) mass is 311 g/mol. The lowest BCUT2D eigenvalue weighted by Gasteiger charge is -2.34. The second-order valence-electron chi connectivity index (χ2n) is 5.53. The summed E-state index contributed by atoms with van der Waals surface area (Å²) in [5.41, 5.74) is 0. The predicted octanol–water partition coefficient (Wildman–Crippen LogP) is 0.693. The maximum absolute atomic E-state index is 12.5. The maximum atomic E-state index is 12.5. The molecular weight excluding hydrogens is 290 g/mol. The van der Waals surface area contributed by atoms with Crippen LogP contribution in [0.2, 0.25) is 0 Å². The molecule has 2 saturated heterocycles. The summed E-state index contributed by atoms with van der Waals surface area (Å²) < 4.78 is 28.2. The normalized spacial score (nSPS) is 22.5. The molecule has 0 unspecified atom stereocenters. The van der Waals surface area contributed by atoms with E-state index < -0.39 is 10.2 Å². The number of rotatable bonds is 4. The first kappa shape index (κ1) is 14.7. The Morgan fingerprint density at radius 2 is 1.76 bits per heavy atom. The minimum Gasteiger partial charge on any atom is -0.367 e. The van der Waals surface area contributed by atoms with E-state index in [0.717, 1.165) is 31.5 Å². The third-order valence-corrected chi connectivity index (χ3v) is 6.14. The van der Waals surface area contributed by atoms with Crippen LogP contribution in [0, 0.1) is 0 Å². The maximum Gasteiger partial charge on any atom is 0.281 e. The van der Waals surface area contributed by atoms with Gasteiger partial charge in [-0.05, 0) is 31.7 Å². The van der Waals surface area contributed by atoms with Gasteiger partial charge in [0.2, 0.25) is 0 Å². The van der Waals surface area contributed by atoms with Gasteiger partial charge < -0.3 is 5.32 Å². The number of hydrogen-bond donors (Lipinski definition) is 1. The Labute approximate surface area is 125 Å². The first-order chi connectivity index (χ1) is 10.2. The van der Waals surface area contributed by atoms with Crippen molar-refractivity contribution in [3.63, 3.8) is 0 Å². The van der Waals surface area contributed by atoms with E-state index in [1.807, 2.05) is 6.07 Å².